The van der Waals surface area contributed by atoms with Crippen molar-refractivity contribution in [1.29, 1.82) is 0 Å². The summed E-state index contributed by atoms with van der Waals surface area (Å²) in [5.74, 6) is -0.275. The fourth-order valence-corrected chi connectivity index (χ4v) is 4.99. The molecule has 0 aliphatic rings. The molecule has 0 unspecified atom stereocenters. The van der Waals surface area contributed by atoms with Gasteiger partial charge in [-0.2, -0.15) is 0 Å². The Morgan fingerprint density at radius 3 is 2.48 bits per heavy atom. The van der Waals surface area contributed by atoms with Crippen LogP contribution in [0.5, 0.6) is 5.75 Å². The van der Waals surface area contributed by atoms with E-state index in [4.69, 9.17) is 21.3 Å². The van der Waals surface area contributed by atoms with E-state index in [2.05, 4.69) is 17.2 Å². The minimum absolute atomic E-state index is 0.000699. The molecule has 8 heteroatoms. The summed E-state index contributed by atoms with van der Waals surface area (Å²) >= 11 is 6.36. The normalized spacial score (nSPS) is 11.8. The molecule has 0 spiro atoms. The number of halogens is 1. The molecule has 4 aromatic carbocycles. The van der Waals surface area contributed by atoms with Crippen molar-refractivity contribution < 1.29 is 19.4 Å². The molecule has 5 rings (SSSR count). The third-order valence-electron chi connectivity index (χ3n) is 6.81. The number of amides is 1. The molecule has 1 atom stereocenters. The number of H-pyrrole nitrogens is 1. The number of ether oxygens (including phenoxy) is 1. The third kappa shape index (κ3) is 5.55. The predicted molar refractivity (Wildman–Crippen MR) is 157 cm³/mol. The number of fused-ring (bicyclic) bond motifs is 1. The van der Waals surface area contributed by atoms with Crippen LogP contribution in [0.3, 0.4) is 0 Å². The number of hydrogen-bond donors (Lipinski definition) is 3. The van der Waals surface area contributed by atoms with Gasteiger partial charge in [0.2, 0.25) is 0 Å². The fraction of sp³-hybridized carbons (Fsp3) is 0.156. The second-order valence-corrected chi connectivity index (χ2v) is 9.89. The fourth-order valence-electron chi connectivity index (χ4n) is 4.82. The lowest BCUT2D eigenvalue weighted by Crippen LogP contribution is -2.28. The zero-order valence-corrected chi connectivity index (χ0v) is 22.8. The van der Waals surface area contributed by atoms with Crippen molar-refractivity contribution in [3.63, 3.8) is 0 Å². The van der Waals surface area contributed by atoms with Crippen molar-refractivity contribution in [2.75, 3.05) is 7.11 Å². The van der Waals surface area contributed by atoms with Gasteiger partial charge in [0.1, 0.15) is 11.6 Å². The molecule has 40 heavy (non-hydrogen) atoms. The van der Waals surface area contributed by atoms with Gasteiger partial charge in [0.05, 0.1) is 29.7 Å². The highest BCUT2D eigenvalue weighted by Gasteiger charge is 2.21. The van der Waals surface area contributed by atoms with Crippen molar-refractivity contribution in [2.24, 2.45) is 0 Å². The summed E-state index contributed by atoms with van der Waals surface area (Å²) in [7, 11) is 1.59. The molecule has 1 amide bonds. The molecule has 0 aliphatic carbocycles. The lowest BCUT2D eigenvalue weighted by atomic mass is 9.93. The number of hydrogen-bond acceptors (Lipinski definition) is 4. The lowest BCUT2D eigenvalue weighted by Gasteiger charge is -2.19. The number of nitrogens with one attached hydrogen (secondary N) is 2. The SMILES string of the molecule is CCC[C@@H](NC(=O)c1ccc(-c2ccc(Cl)cc2-c2nc3cc(OC)ccc3[nH]2)c(C(=O)O)c1)c1ccccc1. The van der Waals surface area contributed by atoms with Crippen molar-refractivity contribution in [2.45, 2.75) is 25.8 Å². The molecular formula is C32H28ClN3O4. The number of rotatable bonds is 9. The molecule has 1 heterocycles. The molecule has 0 radical (unpaired) electrons. The van der Waals surface area contributed by atoms with Crippen LogP contribution in [0.4, 0.5) is 0 Å². The van der Waals surface area contributed by atoms with Gasteiger partial charge in [-0.05, 0) is 59.5 Å². The molecule has 5 aromatic rings. The van der Waals surface area contributed by atoms with E-state index < -0.39 is 5.97 Å². The van der Waals surface area contributed by atoms with Crippen LogP contribution in [-0.4, -0.2) is 34.1 Å². The van der Waals surface area contributed by atoms with E-state index in [1.807, 2.05) is 48.5 Å². The average molecular weight is 554 g/mol. The highest BCUT2D eigenvalue weighted by atomic mass is 35.5. The van der Waals surface area contributed by atoms with Crippen LogP contribution in [0.15, 0.2) is 84.9 Å². The van der Waals surface area contributed by atoms with Crippen LogP contribution in [0.1, 0.15) is 52.1 Å². The molecule has 0 aliphatic heterocycles. The van der Waals surface area contributed by atoms with E-state index >= 15 is 0 Å². The Balaban J connectivity index is 1.54. The molecular weight excluding hydrogens is 526 g/mol. The first-order chi connectivity index (χ1) is 19.4. The summed E-state index contributed by atoms with van der Waals surface area (Å²) in [6.45, 7) is 2.06. The molecule has 7 nitrogen and oxygen atoms in total. The van der Waals surface area contributed by atoms with Crippen LogP contribution in [0, 0.1) is 0 Å². The maximum Gasteiger partial charge on any atom is 0.336 e. The van der Waals surface area contributed by atoms with Crippen molar-refractivity contribution >= 4 is 34.5 Å². The largest absolute Gasteiger partial charge is 0.497 e. The van der Waals surface area contributed by atoms with Gasteiger partial charge in [0.25, 0.3) is 5.91 Å². The van der Waals surface area contributed by atoms with E-state index in [0.29, 0.717) is 38.8 Å². The van der Waals surface area contributed by atoms with E-state index in [0.717, 1.165) is 23.9 Å². The zero-order valence-electron chi connectivity index (χ0n) is 22.1. The molecule has 0 saturated carbocycles. The van der Waals surface area contributed by atoms with E-state index in [1.165, 1.54) is 6.07 Å². The molecule has 1 aromatic heterocycles. The number of nitrogens with zero attached hydrogens (tertiary/aromatic N) is 1. The zero-order chi connectivity index (χ0) is 28.2. The van der Waals surface area contributed by atoms with Gasteiger partial charge in [-0.25, -0.2) is 9.78 Å². The quantitative estimate of drug-likeness (QED) is 0.175. The first-order valence-corrected chi connectivity index (χ1v) is 13.3. The first kappa shape index (κ1) is 27.0. The Bertz CT molecular complexity index is 1700. The standard InChI is InChI=1S/C32H28ClN3O4/c1-3-7-27(19-8-5-4-6-9-19)36-31(37)20-10-13-24(26(16-20)32(38)39)23-14-11-21(33)17-25(23)30-34-28-15-12-22(40-2)18-29(28)35-30/h4-6,8-18,27H,3,7H2,1-2H3,(H,34,35)(H,36,37)(H,38,39)/t27-/m1/s1. The van der Waals surface area contributed by atoms with Crippen molar-refractivity contribution in [3.05, 3.63) is 107 Å². The van der Waals surface area contributed by atoms with Gasteiger partial charge in [-0.3, -0.25) is 4.79 Å². The van der Waals surface area contributed by atoms with Crippen LogP contribution in [-0.2, 0) is 0 Å². The smallest absolute Gasteiger partial charge is 0.336 e. The Morgan fingerprint density at radius 2 is 1.75 bits per heavy atom. The van der Waals surface area contributed by atoms with Gasteiger partial charge in [-0.1, -0.05) is 67.4 Å². The molecule has 0 fully saturated rings. The summed E-state index contributed by atoms with van der Waals surface area (Å²) in [6, 6.07) is 25.0. The lowest BCUT2D eigenvalue weighted by molar-refractivity contribution is 0.0697. The summed E-state index contributed by atoms with van der Waals surface area (Å²) in [4.78, 5) is 33.7. The number of imidazole rings is 1. The van der Waals surface area contributed by atoms with Gasteiger partial charge in [-0.15, -0.1) is 0 Å². The summed E-state index contributed by atoms with van der Waals surface area (Å²) in [5.41, 5.74) is 4.47. The molecule has 0 saturated heterocycles. The summed E-state index contributed by atoms with van der Waals surface area (Å²) in [6.07, 6.45) is 1.64. The molecule has 0 bridgehead atoms. The number of carboxylic acid groups (broad SMARTS) is 1. The monoisotopic (exact) mass is 553 g/mol. The predicted octanol–water partition coefficient (Wildman–Crippen LogP) is 7.53. The third-order valence-corrected chi connectivity index (χ3v) is 7.05. The van der Waals surface area contributed by atoms with Crippen LogP contribution in [0.25, 0.3) is 33.5 Å². The first-order valence-electron chi connectivity index (χ1n) is 12.9. The number of methoxy groups -OCH3 is 1. The number of carbonyl (C=O) groups is 2. The van der Waals surface area contributed by atoms with E-state index in [9.17, 15) is 14.7 Å². The molecule has 202 valence electrons. The number of aromatic nitrogens is 2. The second-order valence-electron chi connectivity index (χ2n) is 9.45. The number of aromatic amines is 1. The topological polar surface area (TPSA) is 104 Å². The minimum atomic E-state index is -1.15. The highest BCUT2D eigenvalue weighted by Crippen LogP contribution is 2.36. The van der Waals surface area contributed by atoms with Gasteiger partial charge in [0.15, 0.2) is 0 Å². The van der Waals surface area contributed by atoms with Crippen molar-refractivity contribution in [1.82, 2.24) is 15.3 Å². The van der Waals surface area contributed by atoms with Gasteiger partial charge >= 0.3 is 5.97 Å². The Morgan fingerprint density at radius 1 is 0.975 bits per heavy atom. The second kappa shape index (κ2) is 11.6. The number of aromatic carboxylic acids is 1. The Labute approximate surface area is 236 Å². The molecule has 3 N–H and O–H groups in total. The van der Waals surface area contributed by atoms with Crippen LogP contribution >= 0.6 is 11.6 Å². The average Bonchev–Trinajstić information content (AvgIpc) is 3.40. The van der Waals surface area contributed by atoms with Crippen LogP contribution in [0.2, 0.25) is 5.02 Å². The summed E-state index contributed by atoms with van der Waals surface area (Å²) in [5, 5.41) is 13.7. The summed E-state index contributed by atoms with van der Waals surface area (Å²) < 4.78 is 5.31. The highest BCUT2D eigenvalue weighted by molar-refractivity contribution is 6.31. The Hall–Kier alpha value is -4.62. The number of carbonyl (C=O) groups excluding carboxylic acids is 1. The van der Waals surface area contributed by atoms with Crippen molar-refractivity contribution in [3.8, 4) is 28.3 Å². The van der Waals surface area contributed by atoms with E-state index in [-0.39, 0.29) is 23.1 Å². The maximum atomic E-state index is 13.3. The van der Waals surface area contributed by atoms with E-state index in [1.54, 1.807) is 37.4 Å². The van der Waals surface area contributed by atoms with Gasteiger partial charge < -0.3 is 20.1 Å². The number of benzene rings is 4. The maximum absolute atomic E-state index is 13.3. The van der Waals surface area contributed by atoms with Gasteiger partial charge in [0, 0.05) is 22.2 Å². The number of carboxylic acids is 1. The van der Waals surface area contributed by atoms with Crippen LogP contribution < -0.4 is 10.1 Å². The Kier molecular flexibility index (Phi) is 7.84. The minimum Gasteiger partial charge on any atom is -0.497 e.